The third-order valence-corrected chi connectivity index (χ3v) is 4.74. The number of halogens is 2. The van der Waals surface area contributed by atoms with E-state index in [1.54, 1.807) is 46.8 Å². The van der Waals surface area contributed by atoms with Gasteiger partial charge in [-0.3, -0.25) is 0 Å². The van der Waals surface area contributed by atoms with Gasteiger partial charge in [0, 0.05) is 16.0 Å². The Morgan fingerprint density at radius 3 is 1.87 bits per heavy atom. The highest BCUT2D eigenvalue weighted by molar-refractivity contribution is 6.31. The molecule has 5 nitrogen and oxygen atoms in total. The van der Waals surface area contributed by atoms with Crippen molar-refractivity contribution in [1.82, 2.24) is 5.32 Å². The van der Waals surface area contributed by atoms with Gasteiger partial charge >= 0.3 is 12.1 Å². The number of benzene rings is 2. The third-order valence-electron chi connectivity index (χ3n) is 4.27. The molecule has 0 aliphatic carbocycles. The van der Waals surface area contributed by atoms with Crippen LogP contribution in [0.4, 0.5) is 4.79 Å². The van der Waals surface area contributed by atoms with Gasteiger partial charge in [0.2, 0.25) is 0 Å². The minimum Gasteiger partial charge on any atom is -0.460 e. The maximum absolute atomic E-state index is 12.6. The Bertz CT molecular complexity index is 849. The molecule has 7 heteroatoms. The molecule has 2 aromatic rings. The Labute approximate surface area is 187 Å². The van der Waals surface area contributed by atoms with Gasteiger partial charge in [0.25, 0.3) is 0 Å². The summed E-state index contributed by atoms with van der Waals surface area (Å²) in [6, 6.07) is 13.9. The Kier molecular flexibility index (Phi) is 8.16. The van der Waals surface area contributed by atoms with E-state index >= 15 is 0 Å². The fraction of sp³-hybridized carbons (Fsp3) is 0.391. The first-order valence-corrected chi connectivity index (χ1v) is 10.4. The summed E-state index contributed by atoms with van der Waals surface area (Å²) in [5, 5.41) is 3.66. The highest BCUT2D eigenvalue weighted by atomic mass is 35.5. The number of rotatable bonds is 6. The molecular formula is C23H27Cl2NO4. The van der Waals surface area contributed by atoms with Gasteiger partial charge in [0.1, 0.15) is 17.7 Å². The zero-order chi connectivity index (χ0) is 22.5. The topological polar surface area (TPSA) is 64.6 Å². The van der Waals surface area contributed by atoms with Crippen molar-refractivity contribution < 1.29 is 19.1 Å². The second-order valence-corrected chi connectivity index (χ2v) is 8.97. The predicted octanol–water partition coefficient (Wildman–Crippen LogP) is 5.97. The van der Waals surface area contributed by atoms with Crippen molar-refractivity contribution in [2.24, 2.45) is 0 Å². The SMILES string of the molecule is C[C@H](NC(=O)OC(C)(C)C)C(=O)O[C@@H](C)C(c1cccc(Cl)c1)c1cccc(Cl)c1. The molecule has 1 amide bonds. The van der Waals surface area contributed by atoms with Gasteiger partial charge in [0.05, 0.1) is 0 Å². The second kappa shape index (κ2) is 10.2. The Morgan fingerprint density at radius 2 is 1.43 bits per heavy atom. The van der Waals surface area contributed by atoms with Crippen LogP contribution < -0.4 is 5.32 Å². The lowest BCUT2D eigenvalue weighted by Crippen LogP contribution is -2.43. The number of alkyl carbamates (subject to hydrolysis) is 1. The lowest BCUT2D eigenvalue weighted by Gasteiger charge is -2.27. The number of hydrogen-bond acceptors (Lipinski definition) is 4. The summed E-state index contributed by atoms with van der Waals surface area (Å²) < 4.78 is 10.9. The largest absolute Gasteiger partial charge is 0.460 e. The van der Waals surface area contributed by atoms with Crippen LogP contribution in [-0.2, 0) is 14.3 Å². The lowest BCUT2D eigenvalue weighted by atomic mass is 9.87. The molecule has 0 aliphatic heterocycles. The van der Waals surface area contributed by atoms with Crippen molar-refractivity contribution in [3.8, 4) is 0 Å². The molecule has 1 N–H and O–H groups in total. The Morgan fingerprint density at radius 1 is 0.933 bits per heavy atom. The van der Waals surface area contributed by atoms with Crippen molar-refractivity contribution >= 4 is 35.3 Å². The molecule has 30 heavy (non-hydrogen) atoms. The van der Waals surface area contributed by atoms with Crippen LogP contribution in [-0.4, -0.2) is 29.8 Å². The number of carbonyl (C=O) groups excluding carboxylic acids is 2. The van der Waals surface area contributed by atoms with Crippen LogP contribution in [0.25, 0.3) is 0 Å². The first-order chi connectivity index (χ1) is 14.0. The lowest BCUT2D eigenvalue weighted by molar-refractivity contribution is -0.150. The minimum atomic E-state index is -0.873. The Balaban J connectivity index is 2.19. The van der Waals surface area contributed by atoms with E-state index in [4.69, 9.17) is 32.7 Å². The summed E-state index contributed by atoms with van der Waals surface area (Å²) in [5.74, 6) is -0.859. The standard InChI is InChI=1S/C23H27Cl2NO4/c1-14(26-22(28)30-23(3,4)5)21(27)29-15(2)20(16-8-6-10-18(24)12-16)17-9-7-11-19(25)13-17/h6-15,20H,1-5H3,(H,26,28)/t14-,15-/m0/s1. The molecule has 2 aromatic carbocycles. The van der Waals surface area contributed by atoms with Gasteiger partial charge in [-0.05, 0) is 70.0 Å². The van der Waals surface area contributed by atoms with Crippen LogP contribution in [0.5, 0.6) is 0 Å². The molecule has 0 aromatic heterocycles. The number of nitrogens with one attached hydrogen (secondary N) is 1. The zero-order valence-electron chi connectivity index (χ0n) is 17.7. The van der Waals surface area contributed by atoms with Crippen LogP contribution in [0, 0.1) is 0 Å². The molecule has 2 rings (SSSR count). The summed E-state index contributed by atoms with van der Waals surface area (Å²) in [6.45, 7) is 8.59. The molecule has 162 valence electrons. The van der Waals surface area contributed by atoms with Crippen molar-refractivity contribution in [1.29, 1.82) is 0 Å². The van der Waals surface area contributed by atoms with E-state index in [2.05, 4.69) is 5.32 Å². The molecule has 0 aliphatic rings. The molecule has 2 atom stereocenters. The molecule has 0 saturated carbocycles. The molecule has 0 unspecified atom stereocenters. The molecule has 0 radical (unpaired) electrons. The van der Waals surface area contributed by atoms with Gasteiger partial charge in [-0.2, -0.15) is 0 Å². The number of esters is 1. The molecule has 0 bridgehead atoms. The molecule has 0 spiro atoms. The average Bonchev–Trinajstić information content (AvgIpc) is 2.60. The van der Waals surface area contributed by atoms with Crippen molar-refractivity contribution in [2.45, 2.75) is 58.3 Å². The van der Waals surface area contributed by atoms with E-state index in [0.29, 0.717) is 10.0 Å². The highest BCUT2D eigenvalue weighted by Gasteiger charge is 2.28. The molecule has 0 heterocycles. The first kappa shape index (κ1) is 24.0. The van der Waals surface area contributed by atoms with Crippen molar-refractivity contribution in [3.05, 3.63) is 69.7 Å². The van der Waals surface area contributed by atoms with Gasteiger partial charge < -0.3 is 14.8 Å². The number of hydrogen-bond donors (Lipinski definition) is 1. The highest BCUT2D eigenvalue weighted by Crippen LogP contribution is 2.32. The Hall–Kier alpha value is -2.24. The van der Waals surface area contributed by atoms with Gasteiger partial charge in [0.15, 0.2) is 0 Å². The van der Waals surface area contributed by atoms with E-state index in [1.165, 1.54) is 0 Å². The number of carbonyl (C=O) groups is 2. The van der Waals surface area contributed by atoms with Crippen molar-refractivity contribution in [3.63, 3.8) is 0 Å². The van der Waals surface area contributed by atoms with E-state index in [0.717, 1.165) is 11.1 Å². The summed E-state index contributed by atoms with van der Waals surface area (Å²) in [5.41, 5.74) is 1.11. The number of ether oxygens (including phenoxy) is 2. The number of amides is 1. The van der Waals surface area contributed by atoms with Gasteiger partial charge in [-0.15, -0.1) is 0 Å². The van der Waals surface area contributed by atoms with Crippen LogP contribution in [0.3, 0.4) is 0 Å². The van der Waals surface area contributed by atoms with E-state index < -0.39 is 29.8 Å². The molecule has 0 saturated heterocycles. The van der Waals surface area contributed by atoms with E-state index in [1.807, 2.05) is 36.4 Å². The van der Waals surface area contributed by atoms with E-state index in [-0.39, 0.29) is 5.92 Å². The minimum absolute atomic E-state index is 0.292. The predicted molar refractivity (Wildman–Crippen MR) is 119 cm³/mol. The smallest absolute Gasteiger partial charge is 0.408 e. The van der Waals surface area contributed by atoms with Crippen LogP contribution in [0.15, 0.2) is 48.5 Å². The van der Waals surface area contributed by atoms with Crippen LogP contribution in [0.2, 0.25) is 10.0 Å². The molecule has 0 fully saturated rings. The summed E-state index contributed by atoms with van der Waals surface area (Å²) >= 11 is 12.4. The molecular weight excluding hydrogens is 425 g/mol. The quantitative estimate of drug-likeness (QED) is 0.549. The maximum atomic E-state index is 12.6. The fourth-order valence-corrected chi connectivity index (χ4v) is 3.43. The average molecular weight is 452 g/mol. The third kappa shape index (κ3) is 7.22. The van der Waals surface area contributed by atoms with E-state index in [9.17, 15) is 9.59 Å². The van der Waals surface area contributed by atoms with Crippen molar-refractivity contribution in [2.75, 3.05) is 0 Å². The monoisotopic (exact) mass is 451 g/mol. The summed E-state index contributed by atoms with van der Waals surface area (Å²) in [6.07, 6.45) is -1.22. The second-order valence-electron chi connectivity index (χ2n) is 8.10. The first-order valence-electron chi connectivity index (χ1n) is 9.67. The fourth-order valence-electron chi connectivity index (χ4n) is 3.03. The normalized spacial score (nSPS) is 13.5. The summed E-state index contributed by atoms with van der Waals surface area (Å²) in [4.78, 5) is 24.6. The van der Waals surface area contributed by atoms with Gasteiger partial charge in [-0.25, -0.2) is 9.59 Å². The van der Waals surface area contributed by atoms with Crippen LogP contribution >= 0.6 is 23.2 Å². The summed E-state index contributed by atoms with van der Waals surface area (Å²) in [7, 11) is 0. The zero-order valence-corrected chi connectivity index (χ0v) is 19.3. The van der Waals surface area contributed by atoms with Gasteiger partial charge in [-0.1, -0.05) is 47.5 Å². The maximum Gasteiger partial charge on any atom is 0.408 e. The van der Waals surface area contributed by atoms with Crippen LogP contribution in [0.1, 0.15) is 51.7 Å².